The second kappa shape index (κ2) is 7.78. The van der Waals surface area contributed by atoms with Crippen LogP contribution in [0.1, 0.15) is 20.3 Å². The maximum atomic E-state index is 14.7. The van der Waals surface area contributed by atoms with Gasteiger partial charge in [0, 0.05) is 52.9 Å². The first-order valence-corrected chi connectivity index (χ1v) is 11.8. The van der Waals surface area contributed by atoms with Crippen molar-refractivity contribution in [1.82, 2.24) is 9.55 Å². The standard InChI is InChI=1S/C23H22ClF2N3OS/c1-12-7-13(2)11-28(10-12)22-16-9-17(24)19(15-4-3-14(25)8-18(15)26)21-20(16)29(5-6-31-21)23(30)27-22/h3-4,8-9,12-13H,5-7,10-11H2,1-2H3/t12-,13-/m1/s1. The average molecular weight is 462 g/mol. The molecule has 31 heavy (non-hydrogen) atoms. The van der Waals surface area contributed by atoms with Gasteiger partial charge in [0.15, 0.2) is 0 Å². The molecule has 3 aromatic rings. The average Bonchev–Trinajstić information content (AvgIpc) is 2.70. The Hall–Kier alpha value is -2.12. The van der Waals surface area contributed by atoms with Crippen molar-refractivity contribution < 1.29 is 8.78 Å². The predicted molar refractivity (Wildman–Crippen MR) is 122 cm³/mol. The van der Waals surface area contributed by atoms with Gasteiger partial charge in [-0.15, -0.1) is 11.8 Å². The highest BCUT2D eigenvalue weighted by molar-refractivity contribution is 7.99. The molecule has 1 aromatic heterocycles. The highest BCUT2D eigenvalue weighted by Crippen LogP contribution is 2.46. The monoisotopic (exact) mass is 461 g/mol. The van der Waals surface area contributed by atoms with Crippen LogP contribution in [0.15, 0.2) is 34.0 Å². The van der Waals surface area contributed by atoms with E-state index in [0.717, 1.165) is 41.4 Å². The molecule has 2 aromatic carbocycles. The second-order valence-corrected chi connectivity index (χ2v) is 10.2. The molecule has 3 heterocycles. The van der Waals surface area contributed by atoms with Gasteiger partial charge in [-0.1, -0.05) is 25.4 Å². The highest BCUT2D eigenvalue weighted by Gasteiger charge is 2.29. The summed E-state index contributed by atoms with van der Waals surface area (Å²) in [6.07, 6.45) is 1.14. The second-order valence-electron chi connectivity index (χ2n) is 8.65. The van der Waals surface area contributed by atoms with Crippen LogP contribution in [0.4, 0.5) is 14.6 Å². The lowest BCUT2D eigenvalue weighted by Gasteiger charge is -2.36. The van der Waals surface area contributed by atoms with Crippen molar-refractivity contribution in [2.75, 3.05) is 23.7 Å². The Kier molecular flexibility index (Phi) is 5.21. The minimum atomic E-state index is -0.675. The third kappa shape index (κ3) is 3.52. The maximum absolute atomic E-state index is 14.7. The summed E-state index contributed by atoms with van der Waals surface area (Å²) in [7, 11) is 0. The van der Waals surface area contributed by atoms with E-state index in [-0.39, 0.29) is 11.3 Å². The molecule has 162 valence electrons. The lowest BCUT2D eigenvalue weighted by atomic mass is 9.91. The summed E-state index contributed by atoms with van der Waals surface area (Å²) < 4.78 is 29.9. The van der Waals surface area contributed by atoms with E-state index in [1.807, 2.05) is 0 Å². The first kappa shape index (κ1) is 20.8. The van der Waals surface area contributed by atoms with Crippen molar-refractivity contribution >= 4 is 40.1 Å². The van der Waals surface area contributed by atoms with Crippen molar-refractivity contribution in [3.8, 4) is 11.1 Å². The van der Waals surface area contributed by atoms with Gasteiger partial charge in [-0.05, 0) is 36.5 Å². The van der Waals surface area contributed by atoms with Crippen LogP contribution in [-0.2, 0) is 6.54 Å². The summed E-state index contributed by atoms with van der Waals surface area (Å²) >= 11 is 8.25. The molecule has 1 fully saturated rings. The van der Waals surface area contributed by atoms with Crippen LogP contribution >= 0.6 is 23.4 Å². The van der Waals surface area contributed by atoms with Crippen molar-refractivity contribution in [2.24, 2.45) is 11.8 Å². The maximum Gasteiger partial charge on any atom is 0.350 e. The minimum absolute atomic E-state index is 0.232. The van der Waals surface area contributed by atoms with E-state index in [1.54, 1.807) is 22.4 Å². The molecule has 5 rings (SSSR count). The molecule has 4 nitrogen and oxygen atoms in total. The van der Waals surface area contributed by atoms with Gasteiger partial charge < -0.3 is 4.90 Å². The summed E-state index contributed by atoms with van der Waals surface area (Å²) in [6, 6.07) is 5.27. The number of aromatic nitrogens is 2. The fourth-order valence-electron chi connectivity index (χ4n) is 4.97. The Morgan fingerprint density at radius 1 is 1.16 bits per heavy atom. The number of halogens is 3. The van der Waals surface area contributed by atoms with Crippen molar-refractivity contribution in [2.45, 2.75) is 31.7 Å². The molecular weight excluding hydrogens is 440 g/mol. The summed E-state index contributed by atoms with van der Waals surface area (Å²) in [6.45, 7) is 6.59. The van der Waals surface area contributed by atoms with E-state index in [0.29, 0.717) is 40.5 Å². The zero-order chi connectivity index (χ0) is 21.9. The number of nitrogens with zero attached hydrogens (tertiary/aromatic N) is 3. The van der Waals surface area contributed by atoms with Crippen LogP contribution in [0.3, 0.4) is 0 Å². The van der Waals surface area contributed by atoms with Crippen molar-refractivity contribution in [3.05, 3.63) is 51.4 Å². The van der Waals surface area contributed by atoms with Crippen LogP contribution in [-0.4, -0.2) is 28.4 Å². The molecule has 1 saturated heterocycles. The number of hydrogen-bond donors (Lipinski definition) is 0. The van der Waals surface area contributed by atoms with Crippen molar-refractivity contribution in [1.29, 1.82) is 0 Å². The molecule has 0 unspecified atom stereocenters. The molecule has 0 N–H and O–H groups in total. The Morgan fingerprint density at radius 3 is 2.61 bits per heavy atom. The smallest absolute Gasteiger partial charge is 0.350 e. The Labute approximate surface area is 188 Å². The number of anilines is 1. The van der Waals surface area contributed by atoms with Gasteiger partial charge in [0.1, 0.15) is 17.5 Å². The first-order valence-electron chi connectivity index (χ1n) is 10.4. The van der Waals surface area contributed by atoms with Crippen LogP contribution in [0.5, 0.6) is 0 Å². The number of thioether (sulfide) groups is 1. The Bertz CT molecular complexity index is 1250. The normalized spacial score (nSPS) is 21.0. The lowest BCUT2D eigenvalue weighted by Crippen LogP contribution is -2.41. The van der Waals surface area contributed by atoms with Crippen LogP contribution in [0.25, 0.3) is 22.0 Å². The van der Waals surface area contributed by atoms with E-state index in [2.05, 4.69) is 23.7 Å². The van der Waals surface area contributed by atoms with Crippen LogP contribution in [0.2, 0.25) is 5.02 Å². The Morgan fingerprint density at radius 2 is 1.90 bits per heavy atom. The first-order chi connectivity index (χ1) is 14.8. The number of aryl methyl sites for hydroxylation is 1. The third-order valence-corrected chi connectivity index (χ3v) is 7.45. The molecule has 0 radical (unpaired) electrons. The molecule has 0 saturated carbocycles. The lowest BCUT2D eigenvalue weighted by molar-refractivity contribution is 0.355. The van der Waals surface area contributed by atoms with Crippen LogP contribution in [0, 0.1) is 23.5 Å². The van der Waals surface area contributed by atoms with Gasteiger partial charge in [-0.25, -0.2) is 13.6 Å². The molecule has 8 heteroatoms. The van der Waals surface area contributed by atoms with Crippen molar-refractivity contribution in [3.63, 3.8) is 0 Å². The largest absolute Gasteiger partial charge is 0.355 e. The number of piperidine rings is 1. The molecule has 0 amide bonds. The third-order valence-electron chi connectivity index (χ3n) is 6.08. The molecular formula is C23H22ClF2N3OS. The molecule has 2 atom stereocenters. The molecule has 2 aliphatic heterocycles. The summed E-state index contributed by atoms with van der Waals surface area (Å²) in [4.78, 5) is 20.4. The fourth-order valence-corrected chi connectivity index (χ4v) is 6.53. The summed E-state index contributed by atoms with van der Waals surface area (Å²) in [5.74, 6) is 0.964. The highest BCUT2D eigenvalue weighted by atomic mass is 35.5. The van der Waals surface area contributed by atoms with Gasteiger partial charge in [-0.2, -0.15) is 4.98 Å². The van der Waals surface area contributed by atoms with E-state index < -0.39 is 11.6 Å². The number of benzene rings is 2. The van der Waals surface area contributed by atoms with E-state index in [9.17, 15) is 13.6 Å². The van der Waals surface area contributed by atoms with Gasteiger partial charge in [-0.3, -0.25) is 4.57 Å². The summed E-state index contributed by atoms with van der Waals surface area (Å²) in [5.41, 5.74) is 1.17. The van der Waals surface area contributed by atoms with Gasteiger partial charge in [0.2, 0.25) is 0 Å². The van der Waals surface area contributed by atoms with E-state index in [1.165, 1.54) is 12.1 Å². The predicted octanol–water partition coefficient (Wildman–Crippen LogP) is 5.58. The number of hydrogen-bond acceptors (Lipinski definition) is 4. The van der Waals surface area contributed by atoms with Gasteiger partial charge >= 0.3 is 5.69 Å². The quantitative estimate of drug-likeness (QED) is 0.499. The minimum Gasteiger partial charge on any atom is -0.355 e. The Balaban J connectivity index is 1.80. The molecule has 0 spiro atoms. The molecule has 2 aliphatic rings. The fraction of sp³-hybridized carbons (Fsp3) is 0.391. The number of rotatable bonds is 2. The van der Waals surface area contributed by atoms with Gasteiger partial charge in [0.05, 0.1) is 10.5 Å². The topological polar surface area (TPSA) is 38.1 Å². The van der Waals surface area contributed by atoms with Crippen LogP contribution < -0.4 is 10.6 Å². The van der Waals surface area contributed by atoms with E-state index >= 15 is 0 Å². The molecule has 0 bridgehead atoms. The van der Waals surface area contributed by atoms with Gasteiger partial charge in [0.25, 0.3) is 0 Å². The SMILES string of the molecule is C[C@@H]1C[C@@H](C)CN(c2nc(=O)n3c4c(c(-c5ccc(F)cc5F)c(Cl)cc24)SCC3)C1. The summed E-state index contributed by atoms with van der Waals surface area (Å²) in [5, 5.41) is 1.17. The zero-order valence-electron chi connectivity index (χ0n) is 17.3. The van der Waals surface area contributed by atoms with E-state index in [4.69, 9.17) is 11.6 Å². The molecule has 0 aliphatic carbocycles. The zero-order valence-corrected chi connectivity index (χ0v) is 18.9.